The molecule has 7 nitrogen and oxygen atoms in total. The summed E-state index contributed by atoms with van der Waals surface area (Å²) in [6.45, 7) is 7.25. The van der Waals surface area contributed by atoms with Gasteiger partial charge in [0.05, 0.1) is 35.7 Å². The highest BCUT2D eigenvalue weighted by atomic mass is 32.2. The van der Waals surface area contributed by atoms with Crippen molar-refractivity contribution in [3.8, 4) is 0 Å². The normalized spacial score (nSPS) is 17.0. The minimum absolute atomic E-state index is 0.234. The average molecular weight is 435 g/mol. The van der Waals surface area contributed by atoms with Crippen molar-refractivity contribution >= 4 is 32.4 Å². The molecule has 0 aliphatic carbocycles. The Morgan fingerprint density at radius 2 is 2.07 bits per heavy atom. The largest absolute Gasteiger partial charge is 0.379 e. The van der Waals surface area contributed by atoms with E-state index in [1.54, 1.807) is 23.5 Å². The van der Waals surface area contributed by atoms with E-state index < -0.39 is 10.0 Å². The van der Waals surface area contributed by atoms with E-state index in [4.69, 9.17) is 9.72 Å². The number of nitrogens with one attached hydrogen (secondary N) is 1. The van der Waals surface area contributed by atoms with Crippen LogP contribution in [0.15, 0.2) is 40.6 Å². The second-order valence-electron chi connectivity index (χ2n) is 7.06. The van der Waals surface area contributed by atoms with E-state index in [0.717, 1.165) is 17.9 Å². The molecule has 4 rings (SSSR count). The van der Waals surface area contributed by atoms with Crippen LogP contribution in [0.1, 0.15) is 30.6 Å². The predicted octanol–water partition coefficient (Wildman–Crippen LogP) is 2.99. The van der Waals surface area contributed by atoms with Crippen LogP contribution in [0.5, 0.6) is 0 Å². The molecule has 0 unspecified atom stereocenters. The van der Waals surface area contributed by atoms with Gasteiger partial charge in [-0.15, -0.1) is 11.3 Å². The highest BCUT2D eigenvalue weighted by Crippen LogP contribution is 2.24. The first-order valence-electron chi connectivity index (χ1n) is 9.84. The molecule has 3 aromatic rings. The van der Waals surface area contributed by atoms with Crippen molar-refractivity contribution < 1.29 is 13.2 Å². The fourth-order valence-corrected chi connectivity index (χ4v) is 5.81. The maximum absolute atomic E-state index is 13.0. The Morgan fingerprint density at radius 3 is 2.76 bits per heavy atom. The summed E-state index contributed by atoms with van der Waals surface area (Å²) in [6.07, 6.45) is 0. The molecule has 9 heteroatoms. The second-order valence-corrected chi connectivity index (χ2v) is 9.97. The molecule has 1 saturated heterocycles. The molecule has 2 aromatic heterocycles. The van der Waals surface area contributed by atoms with Crippen molar-refractivity contribution in [2.75, 3.05) is 26.3 Å². The van der Waals surface area contributed by atoms with E-state index in [2.05, 4.69) is 41.2 Å². The molecule has 1 aromatic carbocycles. The summed E-state index contributed by atoms with van der Waals surface area (Å²) in [7, 11) is -3.53. The smallest absolute Gasteiger partial charge is 0.243 e. The van der Waals surface area contributed by atoms with Crippen LogP contribution < -0.4 is 5.32 Å². The van der Waals surface area contributed by atoms with Gasteiger partial charge in [-0.25, -0.2) is 13.4 Å². The van der Waals surface area contributed by atoms with Crippen LogP contribution in [0.4, 0.5) is 0 Å². The van der Waals surface area contributed by atoms with Crippen LogP contribution in [0.25, 0.3) is 11.0 Å². The second kappa shape index (κ2) is 8.53. The van der Waals surface area contributed by atoms with E-state index in [1.807, 2.05) is 6.07 Å². The number of imidazole rings is 1. The zero-order valence-electron chi connectivity index (χ0n) is 16.7. The number of hydrogen-bond acceptors (Lipinski definition) is 6. The number of nitrogens with zero attached hydrogens (tertiary/aromatic N) is 3. The predicted molar refractivity (Wildman–Crippen MR) is 115 cm³/mol. The highest BCUT2D eigenvalue weighted by molar-refractivity contribution is 7.89. The van der Waals surface area contributed by atoms with E-state index in [1.165, 1.54) is 9.18 Å². The minimum atomic E-state index is -3.53. The molecule has 1 aliphatic rings. The van der Waals surface area contributed by atoms with Crippen LogP contribution in [0.2, 0.25) is 0 Å². The van der Waals surface area contributed by atoms with Crippen LogP contribution in [0.3, 0.4) is 0 Å². The van der Waals surface area contributed by atoms with Crippen LogP contribution >= 0.6 is 11.3 Å². The third kappa shape index (κ3) is 4.10. The van der Waals surface area contributed by atoms with Crippen molar-refractivity contribution in [2.45, 2.75) is 37.9 Å². The Bertz CT molecular complexity index is 1070. The lowest BCUT2D eigenvalue weighted by molar-refractivity contribution is 0.0730. The summed E-state index contributed by atoms with van der Waals surface area (Å²) in [6, 6.07) is 9.65. The molecule has 0 spiro atoms. The van der Waals surface area contributed by atoms with Gasteiger partial charge in [-0.1, -0.05) is 6.07 Å². The van der Waals surface area contributed by atoms with Gasteiger partial charge < -0.3 is 14.6 Å². The van der Waals surface area contributed by atoms with Crippen molar-refractivity contribution in [2.24, 2.45) is 0 Å². The number of thiophene rings is 1. The summed E-state index contributed by atoms with van der Waals surface area (Å²) in [5.74, 6) is 0.909. The third-order valence-electron chi connectivity index (χ3n) is 5.26. The third-order valence-corrected chi connectivity index (χ3v) is 8.21. The Labute approximate surface area is 175 Å². The molecule has 29 heavy (non-hydrogen) atoms. The van der Waals surface area contributed by atoms with Gasteiger partial charge in [0.15, 0.2) is 0 Å². The molecular weight excluding hydrogens is 408 g/mol. The van der Waals surface area contributed by atoms with E-state index in [9.17, 15) is 8.42 Å². The Hall–Kier alpha value is -1.78. The summed E-state index contributed by atoms with van der Waals surface area (Å²) < 4.78 is 34.8. The van der Waals surface area contributed by atoms with Gasteiger partial charge in [0, 0.05) is 30.6 Å². The van der Waals surface area contributed by atoms with Gasteiger partial charge >= 0.3 is 0 Å². The van der Waals surface area contributed by atoms with E-state index in [-0.39, 0.29) is 6.04 Å². The van der Waals surface area contributed by atoms with Gasteiger partial charge in [0.25, 0.3) is 0 Å². The summed E-state index contributed by atoms with van der Waals surface area (Å²) in [4.78, 5) is 6.32. The molecule has 1 atom stereocenters. The van der Waals surface area contributed by atoms with Crippen molar-refractivity contribution in [3.63, 3.8) is 0 Å². The monoisotopic (exact) mass is 434 g/mol. The number of ether oxygens (including phenoxy) is 1. The molecule has 3 heterocycles. The zero-order chi connectivity index (χ0) is 20.4. The Morgan fingerprint density at radius 1 is 1.28 bits per heavy atom. The molecule has 156 valence electrons. The molecule has 0 radical (unpaired) electrons. The number of sulfonamides is 1. The van der Waals surface area contributed by atoms with Gasteiger partial charge in [-0.2, -0.15) is 4.31 Å². The summed E-state index contributed by atoms with van der Waals surface area (Å²) >= 11 is 1.73. The minimum Gasteiger partial charge on any atom is -0.379 e. The average Bonchev–Trinajstić information content (AvgIpc) is 3.39. The Kier molecular flexibility index (Phi) is 6.03. The lowest BCUT2D eigenvalue weighted by Gasteiger charge is -2.26. The van der Waals surface area contributed by atoms with Crippen molar-refractivity contribution in [3.05, 3.63) is 46.4 Å². The van der Waals surface area contributed by atoms with Crippen LogP contribution in [-0.4, -0.2) is 48.6 Å². The van der Waals surface area contributed by atoms with Crippen molar-refractivity contribution in [1.82, 2.24) is 19.2 Å². The number of hydrogen-bond donors (Lipinski definition) is 1. The molecule has 1 N–H and O–H groups in total. The lowest BCUT2D eigenvalue weighted by Crippen LogP contribution is -2.40. The molecule has 0 saturated carbocycles. The van der Waals surface area contributed by atoms with Gasteiger partial charge in [-0.3, -0.25) is 0 Å². The van der Waals surface area contributed by atoms with Crippen LogP contribution in [-0.2, 0) is 27.8 Å². The number of benzene rings is 1. The number of aromatic nitrogens is 2. The molecule has 0 amide bonds. The molecular formula is C20H26N4O3S2. The topological polar surface area (TPSA) is 76.5 Å². The Balaban J connectivity index is 1.60. The van der Waals surface area contributed by atoms with Crippen molar-refractivity contribution in [1.29, 1.82) is 0 Å². The highest BCUT2D eigenvalue weighted by Gasteiger charge is 2.27. The van der Waals surface area contributed by atoms with Gasteiger partial charge in [0.1, 0.15) is 5.82 Å². The number of fused-ring (bicyclic) bond motifs is 1. The SMILES string of the molecule is CCn1c(CN[C@@H](C)c2cccs2)nc2cc(S(=O)(=O)N3CCOCC3)ccc21. The van der Waals surface area contributed by atoms with E-state index >= 15 is 0 Å². The maximum Gasteiger partial charge on any atom is 0.243 e. The molecule has 0 bridgehead atoms. The van der Waals surface area contributed by atoms with Crippen LogP contribution in [0, 0.1) is 0 Å². The first-order valence-corrected chi connectivity index (χ1v) is 12.2. The summed E-state index contributed by atoms with van der Waals surface area (Å²) in [5.41, 5.74) is 1.66. The first-order chi connectivity index (χ1) is 14.0. The summed E-state index contributed by atoms with van der Waals surface area (Å²) in [5, 5.41) is 5.59. The fraction of sp³-hybridized carbons (Fsp3) is 0.450. The maximum atomic E-state index is 13.0. The number of rotatable bonds is 7. The number of aryl methyl sites for hydroxylation is 1. The lowest BCUT2D eigenvalue weighted by atomic mass is 10.3. The first kappa shape index (κ1) is 20.5. The van der Waals surface area contributed by atoms with E-state index in [0.29, 0.717) is 43.3 Å². The quantitative estimate of drug-likeness (QED) is 0.619. The molecule has 1 fully saturated rings. The van der Waals surface area contributed by atoms with Gasteiger partial charge in [-0.05, 0) is 43.5 Å². The zero-order valence-corrected chi connectivity index (χ0v) is 18.3. The van der Waals surface area contributed by atoms with Gasteiger partial charge in [0.2, 0.25) is 10.0 Å². The standard InChI is InChI=1S/C20H26N4O3S2/c1-3-24-18-7-6-16(29(25,26)23-8-10-27-11-9-23)13-17(18)22-20(24)14-21-15(2)19-5-4-12-28-19/h4-7,12-13,15,21H,3,8-11,14H2,1-2H3/t15-/m0/s1. The molecule has 1 aliphatic heterocycles. The fourth-order valence-electron chi connectivity index (χ4n) is 3.63. The number of morpholine rings is 1.